The summed E-state index contributed by atoms with van der Waals surface area (Å²) in [7, 11) is 0. The van der Waals surface area contributed by atoms with E-state index in [0.717, 1.165) is 66.9 Å². The minimum atomic E-state index is -0.120. The molecule has 0 radical (unpaired) electrons. The number of aromatic hydroxyl groups is 1. The number of phenols is 1. The van der Waals surface area contributed by atoms with Crippen LogP contribution >= 0.6 is 0 Å². The van der Waals surface area contributed by atoms with Crippen LogP contribution in [-0.2, 0) is 6.42 Å². The van der Waals surface area contributed by atoms with E-state index < -0.39 is 0 Å². The van der Waals surface area contributed by atoms with E-state index >= 15 is 0 Å². The number of allylic oxidation sites excluding steroid dienone is 4. The first-order chi connectivity index (χ1) is 14.1. The highest BCUT2D eigenvalue weighted by Gasteiger charge is 2.32. The van der Waals surface area contributed by atoms with Gasteiger partial charge < -0.3 is 9.84 Å². The number of ether oxygens (including phenoxy) is 1. The van der Waals surface area contributed by atoms with Gasteiger partial charge in [0, 0.05) is 0 Å². The van der Waals surface area contributed by atoms with Crippen molar-refractivity contribution in [1.29, 1.82) is 0 Å². The van der Waals surface area contributed by atoms with E-state index in [1.807, 2.05) is 13.0 Å². The lowest BCUT2D eigenvalue weighted by atomic mass is 9.87. The van der Waals surface area contributed by atoms with Gasteiger partial charge in [0.25, 0.3) is 0 Å². The number of phenolic OH excluding ortho intramolecular Hbond substituents is 1. The van der Waals surface area contributed by atoms with Gasteiger partial charge in [-0.2, -0.15) is 0 Å². The van der Waals surface area contributed by atoms with Crippen molar-refractivity contribution in [2.45, 2.75) is 112 Å². The topological polar surface area (TPSA) is 29.5 Å². The molecule has 1 N–H and O–H groups in total. The number of aryl methyl sites for hydroxylation is 1. The third-order valence-corrected chi connectivity index (χ3v) is 6.71. The maximum Gasteiger partial charge on any atom is 0.126 e. The molecule has 1 aromatic rings. The molecule has 0 aromatic heterocycles. The van der Waals surface area contributed by atoms with Gasteiger partial charge in [-0.25, -0.2) is 0 Å². The predicted molar refractivity (Wildman–Crippen MR) is 130 cm³/mol. The molecular formula is C28H44O2. The molecule has 1 heterocycles. The van der Waals surface area contributed by atoms with Gasteiger partial charge >= 0.3 is 0 Å². The van der Waals surface area contributed by atoms with Crippen LogP contribution in [0.2, 0.25) is 0 Å². The van der Waals surface area contributed by atoms with E-state index in [1.54, 1.807) is 5.57 Å². The zero-order valence-corrected chi connectivity index (χ0v) is 20.5. The maximum atomic E-state index is 10.1. The Morgan fingerprint density at radius 2 is 1.77 bits per heavy atom. The molecule has 0 fully saturated rings. The molecule has 1 atom stereocenters. The Morgan fingerprint density at radius 1 is 1.10 bits per heavy atom. The second-order valence-electron chi connectivity index (χ2n) is 10.2. The van der Waals surface area contributed by atoms with Gasteiger partial charge in [0.15, 0.2) is 0 Å². The van der Waals surface area contributed by atoms with Crippen LogP contribution in [0.4, 0.5) is 0 Å². The maximum absolute atomic E-state index is 10.1. The lowest BCUT2D eigenvalue weighted by Crippen LogP contribution is -2.36. The molecule has 1 aromatic carbocycles. The van der Waals surface area contributed by atoms with Crippen LogP contribution in [0.1, 0.15) is 103 Å². The summed E-state index contributed by atoms with van der Waals surface area (Å²) in [5.41, 5.74) is 6.07. The standard InChI is InChI=1S/C28H44O2/c1-20(2)11-8-12-21(3)13-9-14-22(4)15-10-17-28(7)18-16-25-19-26(29)23(5)24(6)27(25)30-28/h13,15,19-20,29H,8-12,14,16-18H2,1-7H3/b21-13+,22-15+. The minimum Gasteiger partial charge on any atom is -0.508 e. The van der Waals surface area contributed by atoms with Crippen LogP contribution in [0.15, 0.2) is 29.4 Å². The zero-order valence-electron chi connectivity index (χ0n) is 20.5. The van der Waals surface area contributed by atoms with Crippen LogP contribution in [0.3, 0.4) is 0 Å². The SMILES string of the molecule is C/C(=C\CCC1(C)CCc2cc(O)c(C)c(C)c2O1)CC/C=C(\C)CCCC(C)C. The first kappa shape index (κ1) is 24.6. The normalized spacial score (nSPS) is 19.7. The molecule has 0 saturated carbocycles. The van der Waals surface area contributed by atoms with Gasteiger partial charge in [-0.05, 0) is 115 Å². The summed E-state index contributed by atoms with van der Waals surface area (Å²) in [6, 6.07) is 1.89. The first-order valence-corrected chi connectivity index (χ1v) is 11.9. The van der Waals surface area contributed by atoms with Crippen molar-refractivity contribution in [2.75, 3.05) is 0 Å². The number of benzene rings is 1. The van der Waals surface area contributed by atoms with Gasteiger partial charge in [0.05, 0.1) is 0 Å². The molecule has 1 aliphatic rings. The second-order valence-corrected chi connectivity index (χ2v) is 10.2. The fourth-order valence-corrected chi connectivity index (χ4v) is 4.31. The fraction of sp³-hybridized carbons (Fsp3) is 0.643. The Hall–Kier alpha value is -1.70. The molecule has 1 aliphatic heterocycles. The molecule has 2 nitrogen and oxygen atoms in total. The third-order valence-electron chi connectivity index (χ3n) is 6.71. The Balaban J connectivity index is 1.81. The van der Waals surface area contributed by atoms with Gasteiger partial charge in [0.1, 0.15) is 17.1 Å². The number of hydrogen-bond acceptors (Lipinski definition) is 2. The van der Waals surface area contributed by atoms with Crippen LogP contribution in [0.25, 0.3) is 0 Å². The van der Waals surface area contributed by atoms with Crippen molar-refractivity contribution >= 4 is 0 Å². The molecule has 0 amide bonds. The molecule has 2 heteroatoms. The highest BCUT2D eigenvalue weighted by molar-refractivity contribution is 5.53. The number of hydrogen-bond donors (Lipinski definition) is 1. The smallest absolute Gasteiger partial charge is 0.126 e. The summed E-state index contributed by atoms with van der Waals surface area (Å²) in [6.07, 6.45) is 15.1. The third kappa shape index (κ3) is 7.22. The van der Waals surface area contributed by atoms with E-state index in [1.165, 1.54) is 24.8 Å². The summed E-state index contributed by atoms with van der Waals surface area (Å²) in [5.74, 6) is 2.20. The predicted octanol–water partition coefficient (Wildman–Crippen LogP) is 8.37. The van der Waals surface area contributed by atoms with Crippen molar-refractivity contribution in [2.24, 2.45) is 5.92 Å². The highest BCUT2D eigenvalue weighted by Crippen LogP contribution is 2.41. The van der Waals surface area contributed by atoms with Crippen molar-refractivity contribution in [1.82, 2.24) is 0 Å². The lowest BCUT2D eigenvalue weighted by molar-refractivity contribution is 0.0560. The van der Waals surface area contributed by atoms with E-state index in [4.69, 9.17) is 4.74 Å². The Morgan fingerprint density at radius 3 is 2.47 bits per heavy atom. The number of fused-ring (bicyclic) bond motifs is 1. The van der Waals surface area contributed by atoms with Gasteiger partial charge in [-0.1, -0.05) is 43.6 Å². The largest absolute Gasteiger partial charge is 0.508 e. The summed E-state index contributed by atoms with van der Waals surface area (Å²) in [4.78, 5) is 0. The average Bonchev–Trinajstić information content (AvgIpc) is 2.67. The molecular weight excluding hydrogens is 368 g/mol. The van der Waals surface area contributed by atoms with E-state index in [2.05, 4.69) is 53.7 Å². The van der Waals surface area contributed by atoms with Crippen LogP contribution in [0, 0.1) is 19.8 Å². The molecule has 2 rings (SSSR count). The summed E-state index contributed by atoms with van der Waals surface area (Å²) in [6.45, 7) is 15.4. The number of rotatable bonds is 10. The molecule has 0 spiro atoms. The highest BCUT2D eigenvalue weighted by atomic mass is 16.5. The first-order valence-electron chi connectivity index (χ1n) is 11.9. The average molecular weight is 413 g/mol. The Kier molecular flexibility index (Phi) is 9.07. The van der Waals surface area contributed by atoms with Gasteiger partial charge in [0.2, 0.25) is 0 Å². The van der Waals surface area contributed by atoms with Crippen molar-refractivity contribution in [3.63, 3.8) is 0 Å². The Labute approximate surface area is 185 Å². The lowest BCUT2D eigenvalue weighted by Gasteiger charge is -2.37. The summed E-state index contributed by atoms with van der Waals surface area (Å²) >= 11 is 0. The molecule has 0 saturated heterocycles. The molecule has 30 heavy (non-hydrogen) atoms. The van der Waals surface area contributed by atoms with Crippen LogP contribution in [-0.4, -0.2) is 10.7 Å². The molecule has 0 bridgehead atoms. The summed E-state index contributed by atoms with van der Waals surface area (Å²) < 4.78 is 6.48. The van der Waals surface area contributed by atoms with E-state index in [9.17, 15) is 5.11 Å². The van der Waals surface area contributed by atoms with Crippen LogP contribution in [0.5, 0.6) is 11.5 Å². The summed E-state index contributed by atoms with van der Waals surface area (Å²) in [5, 5.41) is 10.1. The van der Waals surface area contributed by atoms with Crippen LogP contribution < -0.4 is 4.74 Å². The van der Waals surface area contributed by atoms with Crippen molar-refractivity contribution in [3.8, 4) is 11.5 Å². The zero-order chi connectivity index (χ0) is 22.3. The monoisotopic (exact) mass is 412 g/mol. The van der Waals surface area contributed by atoms with Crippen molar-refractivity contribution in [3.05, 3.63) is 46.1 Å². The molecule has 1 unspecified atom stereocenters. The Bertz CT molecular complexity index is 769. The van der Waals surface area contributed by atoms with E-state index in [-0.39, 0.29) is 5.60 Å². The fourth-order valence-electron chi connectivity index (χ4n) is 4.31. The van der Waals surface area contributed by atoms with Gasteiger partial charge in [-0.3, -0.25) is 0 Å². The van der Waals surface area contributed by atoms with Gasteiger partial charge in [-0.15, -0.1) is 0 Å². The second kappa shape index (κ2) is 11.1. The minimum absolute atomic E-state index is 0.120. The van der Waals surface area contributed by atoms with E-state index in [0.29, 0.717) is 5.75 Å². The van der Waals surface area contributed by atoms with Crippen molar-refractivity contribution < 1.29 is 9.84 Å². The quantitative estimate of drug-likeness (QED) is 0.391. The molecule has 0 aliphatic carbocycles. The molecule has 168 valence electrons.